The molecule has 0 spiro atoms. The van der Waals surface area contributed by atoms with Crippen molar-refractivity contribution in [2.75, 3.05) is 0 Å². The predicted octanol–water partition coefficient (Wildman–Crippen LogP) is 6.09. The van der Waals surface area contributed by atoms with Crippen LogP contribution in [-0.4, -0.2) is 16.6 Å². The quantitative estimate of drug-likeness (QED) is 0.430. The normalized spacial score (nSPS) is 11.7. The summed E-state index contributed by atoms with van der Waals surface area (Å²) in [7, 11) is 0. The van der Waals surface area contributed by atoms with E-state index < -0.39 is 5.60 Å². The summed E-state index contributed by atoms with van der Waals surface area (Å²) in [6.45, 7) is 7.92. The minimum atomic E-state index is -0.499. The largest absolute Gasteiger partial charge is 0.456 e. The Bertz CT molecular complexity index is 701. The van der Waals surface area contributed by atoms with Crippen molar-refractivity contribution in [2.45, 2.75) is 78.2 Å². The maximum absolute atomic E-state index is 12.6. The van der Waals surface area contributed by atoms with Gasteiger partial charge in [0.05, 0.1) is 11.1 Å². The van der Waals surface area contributed by atoms with E-state index >= 15 is 0 Å². The molecule has 0 aliphatic rings. The Morgan fingerprint density at radius 1 is 1.04 bits per heavy atom. The molecule has 0 radical (unpaired) electrons. The van der Waals surface area contributed by atoms with E-state index in [4.69, 9.17) is 9.72 Å². The van der Waals surface area contributed by atoms with E-state index in [0.717, 1.165) is 29.4 Å². The van der Waals surface area contributed by atoms with Gasteiger partial charge in [-0.2, -0.15) is 0 Å². The van der Waals surface area contributed by atoms with Crippen LogP contribution in [0.2, 0.25) is 0 Å². The summed E-state index contributed by atoms with van der Waals surface area (Å²) in [6, 6.07) is 9.72. The number of ether oxygens (including phenoxy) is 1. The van der Waals surface area contributed by atoms with Crippen LogP contribution in [0.4, 0.5) is 0 Å². The summed E-state index contributed by atoms with van der Waals surface area (Å²) in [5.41, 5.74) is 1.98. The van der Waals surface area contributed by atoms with Crippen molar-refractivity contribution in [1.82, 2.24) is 4.98 Å². The number of para-hydroxylation sites is 1. The van der Waals surface area contributed by atoms with E-state index in [1.165, 1.54) is 32.1 Å². The Balaban J connectivity index is 2.15. The van der Waals surface area contributed by atoms with Crippen LogP contribution in [0.3, 0.4) is 0 Å². The third-order valence-electron chi connectivity index (χ3n) is 4.17. The van der Waals surface area contributed by atoms with Gasteiger partial charge in [0.2, 0.25) is 0 Å². The maximum atomic E-state index is 12.6. The molecule has 3 heteroatoms. The van der Waals surface area contributed by atoms with Gasteiger partial charge in [0, 0.05) is 11.1 Å². The molecule has 25 heavy (non-hydrogen) atoms. The summed E-state index contributed by atoms with van der Waals surface area (Å²) >= 11 is 0. The van der Waals surface area contributed by atoms with Crippen molar-refractivity contribution in [1.29, 1.82) is 0 Å². The first-order valence-electron chi connectivity index (χ1n) is 9.52. The number of pyridine rings is 1. The second kappa shape index (κ2) is 8.98. The number of aromatic nitrogens is 1. The average Bonchev–Trinajstić information content (AvgIpc) is 2.55. The Hall–Kier alpha value is -1.90. The van der Waals surface area contributed by atoms with E-state index in [1.807, 2.05) is 51.1 Å². The zero-order chi connectivity index (χ0) is 18.3. The molecule has 2 rings (SSSR count). The molecule has 0 unspecified atom stereocenters. The fourth-order valence-electron chi connectivity index (χ4n) is 2.95. The molecule has 0 bridgehead atoms. The Kier molecular flexibility index (Phi) is 6.98. The van der Waals surface area contributed by atoms with E-state index in [9.17, 15) is 4.79 Å². The average molecular weight is 341 g/mol. The van der Waals surface area contributed by atoms with Gasteiger partial charge in [0.25, 0.3) is 0 Å². The molecule has 0 saturated heterocycles. The fraction of sp³-hybridized carbons (Fsp3) is 0.545. The lowest BCUT2D eigenvalue weighted by molar-refractivity contribution is 0.00716. The van der Waals surface area contributed by atoms with Gasteiger partial charge < -0.3 is 4.74 Å². The van der Waals surface area contributed by atoms with Crippen LogP contribution in [0.15, 0.2) is 30.3 Å². The van der Waals surface area contributed by atoms with Crippen molar-refractivity contribution in [2.24, 2.45) is 0 Å². The third-order valence-corrected chi connectivity index (χ3v) is 4.17. The number of carbonyl (C=O) groups is 1. The van der Waals surface area contributed by atoms with Gasteiger partial charge in [-0.3, -0.25) is 4.98 Å². The van der Waals surface area contributed by atoms with Crippen LogP contribution in [0.5, 0.6) is 0 Å². The zero-order valence-electron chi connectivity index (χ0n) is 16.1. The van der Waals surface area contributed by atoms with Gasteiger partial charge >= 0.3 is 5.97 Å². The van der Waals surface area contributed by atoms with Crippen LogP contribution in [0.25, 0.3) is 10.9 Å². The molecule has 2 aromatic rings. The van der Waals surface area contributed by atoms with Crippen LogP contribution >= 0.6 is 0 Å². The maximum Gasteiger partial charge on any atom is 0.339 e. The van der Waals surface area contributed by atoms with E-state index in [-0.39, 0.29) is 5.97 Å². The number of nitrogens with zero attached hydrogens (tertiary/aromatic N) is 1. The SMILES string of the molecule is CCCCCCCCc1cc(C(=O)OC(C)(C)C)c2ccccc2n1. The van der Waals surface area contributed by atoms with Crippen LogP contribution in [-0.2, 0) is 11.2 Å². The number of fused-ring (bicyclic) bond motifs is 1. The summed E-state index contributed by atoms with van der Waals surface area (Å²) in [5, 5.41) is 0.864. The minimum Gasteiger partial charge on any atom is -0.456 e. The van der Waals surface area contributed by atoms with Crippen molar-refractivity contribution in [3.8, 4) is 0 Å². The number of hydrogen-bond acceptors (Lipinski definition) is 3. The number of carbonyl (C=O) groups excluding carboxylic acids is 1. The second-order valence-corrected chi connectivity index (χ2v) is 7.70. The minimum absolute atomic E-state index is 0.268. The third kappa shape index (κ3) is 6.15. The Morgan fingerprint density at radius 2 is 1.72 bits per heavy atom. The number of unbranched alkanes of at least 4 members (excludes halogenated alkanes) is 5. The highest BCUT2D eigenvalue weighted by atomic mass is 16.6. The molecule has 0 fully saturated rings. The van der Waals surface area contributed by atoms with Crippen LogP contribution in [0.1, 0.15) is 82.3 Å². The van der Waals surface area contributed by atoms with E-state index in [0.29, 0.717) is 5.56 Å². The fourth-order valence-corrected chi connectivity index (χ4v) is 2.95. The first kappa shape index (κ1) is 19.4. The summed E-state index contributed by atoms with van der Waals surface area (Å²) in [5.74, 6) is -0.268. The topological polar surface area (TPSA) is 39.2 Å². The van der Waals surface area contributed by atoms with Crippen LogP contribution in [0, 0.1) is 0 Å². The molecular weight excluding hydrogens is 310 g/mol. The van der Waals surface area contributed by atoms with Gasteiger partial charge in [-0.25, -0.2) is 4.79 Å². The van der Waals surface area contributed by atoms with Gasteiger partial charge in [-0.15, -0.1) is 0 Å². The van der Waals surface area contributed by atoms with Crippen molar-refractivity contribution in [3.05, 3.63) is 41.6 Å². The van der Waals surface area contributed by atoms with Crippen molar-refractivity contribution < 1.29 is 9.53 Å². The summed E-state index contributed by atoms with van der Waals surface area (Å²) in [4.78, 5) is 17.4. The van der Waals surface area contributed by atoms with Crippen molar-refractivity contribution in [3.63, 3.8) is 0 Å². The number of hydrogen-bond donors (Lipinski definition) is 0. The van der Waals surface area contributed by atoms with Gasteiger partial charge in [-0.1, -0.05) is 57.2 Å². The van der Waals surface area contributed by atoms with Crippen molar-refractivity contribution >= 4 is 16.9 Å². The number of aryl methyl sites for hydroxylation is 1. The summed E-state index contributed by atoms with van der Waals surface area (Å²) in [6.07, 6.45) is 8.42. The first-order chi connectivity index (χ1) is 11.9. The second-order valence-electron chi connectivity index (χ2n) is 7.70. The molecule has 0 N–H and O–H groups in total. The molecule has 0 atom stereocenters. The van der Waals surface area contributed by atoms with Gasteiger partial charge in [0.1, 0.15) is 5.60 Å². The standard InChI is InChI=1S/C22H31NO2/c1-5-6-7-8-9-10-13-17-16-19(21(24)25-22(2,3)4)18-14-11-12-15-20(18)23-17/h11-12,14-16H,5-10,13H2,1-4H3. The molecule has 0 saturated carbocycles. The highest BCUT2D eigenvalue weighted by Crippen LogP contribution is 2.22. The molecule has 1 aromatic heterocycles. The van der Waals surface area contributed by atoms with E-state index in [1.54, 1.807) is 0 Å². The molecule has 136 valence electrons. The number of rotatable bonds is 8. The lowest BCUT2D eigenvalue weighted by atomic mass is 10.0. The monoisotopic (exact) mass is 341 g/mol. The van der Waals surface area contributed by atoms with Gasteiger partial charge in [0.15, 0.2) is 0 Å². The molecule has 1 aromatic carbocycles. The molecular formula is C22H31NO2. The molecule has 1 heterocycles. The molecule has 0 amide bonds. The first-order valence-corrected chi connectivity index (χ1v) is 9.52. The van der Waals surface area contributed by atoms with Gasteiger partial charge in [-0.05, 0) is 45.7 Å². The number of benzene rings is 1. The number of esters is 1. The molecule has 0 aliphatic heterocycles. The Labute approximate surface area is 151 Å². The Morgan fingerprint density at radius 3 is 2.44 bits per heavy atom. The lowest BCUT2D eigenvalue weighted by Crippen LogP contribution is -2.24. The molecule has 3 nitrogen and oxygen atoms in total. The van der Waals surface area contributed by atoms with Crippen LogP contribution < -0.4 is 0 Å². The highest BCUT2D eigenvalue weighted by Gasteiger charge is 2.20. The predicted molar refractivity (Wildman–Crippen MR) is 104 cm³/mol. The smallest absolute Gasteiger partial charge is 0.339 e. The molecule has 0 aliphatic carbocycles. The van der Waals surface area contributed by atoms with E-state index in [2.05, 4.69) is 6.92 Å². The zero-order valence-corrected chi connectivity index (χ0v) is 16.1. The lowest BCUT2D eigenvalue weighted by Gasteiger charge is -2.20. The highest BCUT2D eigenvalue weighted by molar-refractivity contribution is 6.03. The summed E-state index contributed by atoms with van der Waals surface area (Å²) < 4.78 is 5.59.